The Kier molecular flexibility index (Phi) is 3.84. The molecule has 0 N–H and O–H groups in total. The van der Waals surface area contributed by atoms with Gasteiger partial charge < -0.3 is 4.74 Å². The summed E-state index contributed by atoms with van der Waals surface area (Å²) < 4.78 is 5.77. The van der Waals surface area contributed by atoms with E-state index in [4.69, 9.17) is 4.74 Å². The largest absolute Gasteiger partial charge is 0.489 e. The maximum Gasteiger partial charge on any atom is 0.234 e. The highest BCUT2D eigenvalue weighted by Crippen LogP contribution is 2.39. The number of fused-ring (bicyclic) bond motifs is 2. The first-order valence-corrected chi connectivity index (χ1v) is 6.80. The van der Waals surface area contributed by atoms with Gasteiger partial charge in [-0.25, -0.2) is 0 Å². The molecule has 1 aromatic rings. The highest BCUT2D eigenvalue weighted by Gasteiger charge is 2.39. The second kappa shape index (κ2) is 5.39. The van der Waals surface area contributed by atoms with Gasteiger partial charge in [0.05, 0.1) is 0 Å². The molecule has 1 aliphatic heterocycles. The molecule has 3 heteroatoms. The molecule has 100 valence electrons. The average Bonchev–Trinajstić information content (AvgIpc) is 2.91. The van der Waals surface area contributed by atoms with Crippen molar-refractivity contribution in [2.24, 2.45) is 0 Å². The molecular formula is C16H18O3. The van der Waals surface area contributed by atoms with Crippen molar-refractivity contribution in [3.63, 3.8) is 0 Å². The van der Waals surface area contributed by atoms with Crippen LogP contribution in [-0.4, -0.2) is 17.7 Å². The predicted octanol–water partition coefficient (Wildman–Crippen LogP) is 3.39. The number of ether oxygens (including phenoxy) is 1. The van der Waals surface area contributed by atoms with Crippen molar-refractivity contribution in [1.29, 1.82) is 0 Å². The summed E-state index contributed by atoms with van der Waals surface area (Å²) in [6, 6.07) is 7.14. The van der Waals surface area contributed by atoms with Crippen molar-refractivity contribution in [2.45, 2.75) is 39.7 Å². The summed E-state index contributed by atoms with van der Waals surface area (Å²) in [7, 11) is 0. The van der Waals surface area contributed by atoms with Crippen LogP contribution >= 0.6 is 0 Å². The van der Waals surface area contributed by atoms with Crippen LogP contribution in [0.5, 0.6) is 0 Å². The molecule has 19 heavy (non-hydrogen) atoms. The molecule has 1 aromatic carbocycles. The molecule has 3 rings (SSSR count). The van der Waals surface area contributed by atoms with Crippen LogP contribution in [0.3, 0.4) is 0 Å². The van der Waals surface area contributed by atoms with Gasteiger partial charge in [0.15, 0.2) is 0 Å². The third-order valence-electron chi connectivity index (χ3n) is 3.34. The number of hydrogen-bond acceptors (Lipinski definition) is 3. The first kappa shape index (κ1) is 13.5. The smallest absolute Gasteiger partial charge is 0.234 e. The molecule has 0 saturated carbocycles. The Morgan fingerprint density at radius 1 is 1.11 bits per heavy atom. The van der Waals surface area contributed by atoms with Crippen LogP contribution in [0, 0.1) is 0 Å². The lowest BCUT2D eigenvalue weighted by atomic mass is 9.87. The van der Waals surface area contributed by atoms with Crippen molar-refractivity contribution in [1.82, 2.24) is 0 Å². The van der Waals surface area contributed by atoms with Crippen LogP contribution in [0.2, 0.25) is 0 Å². The SMILES string of the molecule is CC.CCC1CC2=C(O1)c1ccccc1C(=O)C2=O. The second-order valence-corrected chi connectivity index (χ2v) is 4.36. The summed E-state index contributed by atoms with van der Waals surface area (Å²) in [6.45, 7) is 6.02. The number of benzene rings is 1. The second-order valence-electron chi connectivity index (χ2n) is 4.36. The van der Waals surface area contributed by atoms with E-state index < -0.39 is 11.6 Å². The lowest BCUT2D eigenvalue weighted by molar-refractivity contribution is -0.112. The van der Waals surface area contributed by atoms with E-state index in [1.54, 1.807) is 12.1 Å². The van der Waals surface area contributed by atoms with Gasteiger partial charge in [0, 0.05) is 23.1 Å². The van der Waals surface area contributed by atoms with E-state index in [-0.39, 0.29) is 6.10 Å². The average molecular weight is 258 g/mol. The third kappa shape index (κ3) is 2.09. The topological polar surface area (TPSA) is 43.4 Å². The lowest BCUT2D eigenvalue weighted by Crippen LogP contribution is -2.22. The molecule has 0 amide bonds. The number of Topliss-reactive ketones (excluding diaryl/α,β-unsaturated/α-hetero) is 2. The Morgan fingerprint density at radius 3 is 2.37 bits per heavy atom. The minimum Gasteiger partial charge on any atom is -0.489 e. The first-order valence-electron chi connectivity index (χ1n) is 6.80. The van der Waals surface area contributed by atoms with Gasteiger partial charge in [-0.1, -0.05) is 45.0 Å². The Morgan fingerprint density at radius 2 is 1.74 bits per heavy atom. The van der Waals surface area contributed by atoms with E-state index in [9.17, 15) is 9.59 Å². The van der Waals surface area contributed by atoms with Crippen molar-refractivity contribution in [3.8, 4) is 0 Å². The molecule has 1 atom stereocenters. The lowest BCUT2D eigenvalue weighted by Gasteiger charge is -2.15. The molecule has 3 nitrogen and oxygen atoms in total. The van der Waals surface area contributed by atoms with Crippen molar-refractivity contribution in [3.05, 3.63) is 41.0 Å². The zero-order valence-electron chi connectivity index (χ0n) is 11.5. The Hall–Kier alpha value is -1.90. The number of ketones is 2. The van der Waals surface area contributed by atoms with Crippen LogP contribution in [0.25, 0.3) is 5.76 Å². The minimum absolute atomic E-state index is 0.0305. The summed E-state index contributed by atoms with van der Waals surface area (Å²) in [5, 5.41) is 0. The fraction of sp³-hybridized carbons (Fsp3) is 0.375. The monoisotopic (exact) mass is 258 g/mol. The minimum atomic E-state index is -0.403. The number of carbonyl (C=O) groups is 2. The van der Waals surface area contributed by atoms with Gasteiger partial charge in [-0.3, -0.25) is 9.59 Å². The van der Waals surface area contributed by atoms with Gasteiger partial charge in [-0.05, 0) is 6.42 Å². The summed E-state index contributed by atoms with van der Waals surface area (Å²) in [5.41, 5.74) is 1.79. The zero-order chi connectivity index (χ0) is 14.0. The van der Waals surface area contributed by atoms with E-state index in [0.29, 0.717) is 23.3 Å². The summed E-state index contributed by atoms with van der Waals surface area (Å²) >= 11 is 0. The van der Waals surface area contributed by atoms with Crippen molar-refractivity contribution >= 4 is 17.3 Å². The van der Waals surface area contributed by atoms with E-state index in [1.807, 2.05) is 32.9 Å². The Balaban J connectivity index is 0.000000637. The molecule has 0 radical (unpaired) electrons. The summed E-state index contributed by atoms with van der Waals surface area (Å²) in [5.74, 6) is -0.175. The van der Waals surface area contributed by atoms with E-state index >= 15 is 0 Å². The summed E-state index contributed by atoms with van der Waals surface area (Å²) in [6.07, 6.45) is 1.43. The Bertz CT molecular complexity index is 555. The van der Waals surface area contributed by atoms with E-state index in [2.05, 4.69) is 0 Å². The van der Waals surface area contributed by atoms with Gasteiger partial charge in [0.1, 0.15) is 11.9 Å². The van der Waals surface area contributed by atoms with Crippen LogP contribution in [-0.2, 0) is 9.53 Å². The van der Waals surface area contributed by atoms with Gasteiger partial charge in [-0.15, -0.1) is 0 Å². The molecule has 0 spiro atoms. The van der Waals surface area contributed by atoms with Crippen molar-refractivity contribution in [2.75, 3.05) is 0 Å². The molecule has 2 aliphatic rings. The highest BCUT2D eigenvalue weighted by atomic mass is 16.5. The first-order chi connectivity index (χ1) is 9.22. The van der Waals surface area contributed by atoms with Gasteiger partial charge >= 0.3 is 0 Å². The zero-order valence-corrected chi connectivity index (χ0v) is 11.5. The van der Waals surface area contributed by atoms with Crippen LogP contribution in [0.4, 0.5) is 0 Å². The molecule has 0 saturated heterocycles. The van der Waals surface area contributed by atoms with E-state index in [0.717, 1.165) is 12.0 Å². The van der Waals surface area contributed by atoms with Gasteiger partial charge in [-0.2, -0.15) is 0 Å². The number of hydrogen-bond donors (Lipinski definition) is 0. The van der Waals surface area contributed by atoms with Crippen LogP contribution in [0.15, 0.2) is 29.8 Å². The van der Waals surface area contributed by atoms with Gasteiger partial charge in [0.25, 0.3) is 0 Å². The molecule has 0 bridgehead atoms. The van der Waals surface area contributed by atoms with Crippen LogP contribution < -0.4 is 0 Å². The normalized spacial score (nSPS) is 20.3. The van der Waals surface area contributed by atoms with E-state index in [1.165, 1.54) is 0 Å². The number of rotatable bonds is 1. The van der Waals surface area contributed by atoms with Crippen LogP contribution in [0.1, 0.15) is 49.5 Å². The fourth-order valence-electron chi connectivity index (χ4n) is 2.39. The molecule has 0 fully saturated rings. The maximum absolute atomic E-state index is 11.9. The standard InChI is InChI=1S/C14H12O3.C2H6/c1-2-8-7-11-13(16)12(15)9-5-3-4-6-10(9)14(11)17-8;1-2/h3-6,8H,2,7H2,1H3;1-2H3. The predicted molar refractivity (Wildman–Crippen MR) is 73.8 cm³/mol. The number of carbonyl (C=O) groups excluding carboxylic acids is 2. The Labute approximate surface area is 113 Å². The third-order valence-corrected chi connectivity index (χ3v) is 3.34. The quantitative estimate of drug-likeness (QED) is 0.725. The molecule has 1 heterocycles. The molecule has 0 aromatic heterocycles. The molecular weight excluding hydrogens is 240 g/mol. The fourth-order valence-corrected chi connectivity index (χ4v) is 2.39. The molecule has 1 aliphatic carbocycles. The van der Waals surface area contributed by atoms with Gasteiger partial charge in [0.2, 0.25) is 11.6 Å². The van der Waals surface area contributed by atoms with Crippen molar-refractivity contribution < 1.29 is 14.3 Å². The highest BCUT2D eigenvalue weighted by molar-refractivity contribution is 6.52. The molecule has 1 unspecified atom stereocenters. The summed E-state index contributed by atoms with van der Waals surface area (Å²) in [4.78, 5) is 23.9. The maximum atomic E-state index is 11.9.